The lowest BCUT2D eigenvalue weighted by molar-refractivity contribution is 0.0981. The molecule has 0 unspecified atom stereocenters. The van der Waals surface area contributed by atoms with Crippen molar-refractivity contribution in [3.63, 3.8) is 0 Å². The van der Waals surface area contributed by atoms with Crippen LogP contribution in [0.25, 0.3) is 11.3 Å². The fourth-order valence-corrected chi connectivity index (χ4v) is 4.06. The van der Waals surface area contributed by atoms with E-state index in [0.717, 1.165) is 0 Å². The quantitative estimate of drug-likeness (QED) is 0.405. The summed E-state index contributed by atoms with van der Waals surface area (Å²) < 4.78 is 47.4. The first kappa shape index (κ1) is 26.9. The fraction of sp³-hybridized carbons (Fsp3) is 0.320. The molecular formula is C25H30FN5O4S. The SMILES string of the molecule is CC(C)COc1cc(F)cc(-c2ccc(C(=O)NS(=O)(=O)c3cccc(N)n3)c(NC(C)(C)C)n2)c1. The van der Waals surface area contributed by atoms with Gasteiger partial charge in [0.1, 0.15) is 23.2 Å². The molecule has 192 valence electrons. The number of pyridine rings is 2. The van der Waals surface area contributed by atoms with E-state index >= 15 is 0 Å². The highest BCUT2D eigenvalue weighted by atomic mass is 32.2. The van der Waals surface area contributed by atoms with E-state index in [9.17, 15) is 17.6 Å². The second-order valence-corrected chi connectivity index (χ2v) is 11.3. The third kappa shape index (κ3) is 7.14. The number of sulfonamides is 1. The Hall–Kier alpha value is -3.73. The van der Waals surface area contributed by atoms with Crippen LogP contribution in [0.1, 0.15) is 45.0 Å². The van der Waals surface area contributed by atoms with Gasteiger partial charge in [-0.05, 0) is 63.1 Å². The molecule has 0 saturated carbocycles. The minimum absolute atomic E-state index is 0.00160. The first-order chi connectivity index (χ1) is 16.7. The van der Waals surface area contributed by atoms with Crippen molar-refractivity contribution in [3.05, 3.63) is 59.9 Å². The summed E-state index contributed by atoms with van der Waals surface area (Å²) in [6, 6.07) is 11.3. The fourth-order valence-electron chi connectivity index (χ4n) is 3.12. The number of nitrogen functional groups attached to an aromatic ring is 1. The number of hydrogen-bond donors (Lipinski definition) is 3. The molecule has 4 N–H and O–H groups in total. The van der Waals surface area contributed by atoms with Crippen molar-refractivity contribution in [2.75, 3.05) is 17.7 Å². The zero-order valence-corrected chi connectivity index (χ0v) is 21.6. The van der Waals surface area contributed by atoms with Crippen molar-refractivity contribution in [3.8, 4) is 17.0 Å². The van der Waals surface area contributed by atoms with Gasteiger partial charge in [0, 0.05) is 17.2 Å². The standard InChI is InChI=1S/C25H30FN5O4S/c1-15(2)14-35-18-12-16(11-17(26)13-18)20-10-9-19(23(28-20)30-25(3,4)5)24(32)31-36(33,34)22-8-6-7-21(27)29-22/h6-13,15H,14H2,1-5H3,(H2,27,29)(H,28,30)(H,31,32). The number of carbonyl (C=O) groups is 1. The van der Waals surface area contributed by atoms with Crippen molar-refractivity contribution in [2.24, 2.45) is 5.92 Å². The minimum Gasteiger partial charge on any atom is -0.493 e. The van der Waals surface area contributed by atoms with Crippen LogP contribution < -0.4 is 20.5 Å². The molecular weight excluding hydrogens is 485 g/mol. The Kier molecular flexibility index (Phi) is 7.83. The molecule has 0 atom stereocenters. The maximum atomic E-state index is 14.3. The Labute approximate surface area is 210 Å². The Morgan fingerprint density at radius 1 is 1.11 bits per heavy atom. The molecule has 0 saturated heterocycles. The van der Waals surface area contributed by atoms with E-state index in [2.05, 4.69) is 15.3 Å². The molecule has 1 amide bonds. The topological polar surface area (TPSA) is 136 Å². The van der Waals surface area contributed by atoms with Crippen LogP contribution in [0.5, 0.6) is 5.75 Å². The van der Waals surface area contributed by atoms with E-state index in [1.807, 2.05) is 39.3 Å². The van der Waals surface area contributed by atoms with Crippen LogP contribution in [-0.4, -0.2) is 36.4 Å². The Morgan fingerprint density at radius 3 is 2.47 bits per heavy atom. The predicted octanol–water partition coefficient (Wildman–Crippen LogP) is 4.23. The van der Waals surface area contributed by atoms with Crippen LogP contribution in [0.2, 0.25) is 0 Å². The zero-order valence-electron chi connectivity index (χ0n) is 20.8. The summed E-state index contributed by atoms with van der Waals surface area (Å²) in [4.78, 5) is 21.3. The Morgan fingerprint density at radius 2 is 1.83 bits per heavy atom. The number of rotatable bonds is 8. The molecule has 3 rings (SSSR count). The van der Waals surface area contributed by atoms with E-state index in [4.69, 9.17) is 10.5 Å². The van der Waals surface area contributed by atoms with E-state index in [1.165, 1.54) is 42.5 Å². The number of benzene rings is 1. The zero-order chi connectivity index (χ0) is 26.7. The third-order valence-corrected chi connectivity index (χ3v) is 5.86. The molecule has 3 aromatic rings. The summed E-state index contributed by atoms with van der Waals surface area (Å²) in [5.41, 5.74) is 5.84. The number of nitrogens with zero attached hydrogens (tertiary/aromatic N) is 2. The first-order valence-electron chi connectivity index (χ1n) is 11.3. The molecule has 0 radical (unpaired) electrons. The number of ether oxygens (including phenoxy) is 1. The van der Waals surface area contributed by atoms with Gasteiger partial charge < -0.3 is 15.8 Å². The molecule has 2 aromatic heterocycles. The number of nitrogens with two attached hydrogens (primary N) is 1. The number of carbonyl (C=O) groups excluding carboxylic acids is 1. The molecule has 0 aliphatic heterocycles. The number of nitrogens with one attached hydrogen (secondary N) is 2. The highest BCUT2D eigenvalue weighted by Gasteiger charge is 2.25. The van der Waals surface area contributed by atoms with Gasteiger partial charge in [0.2, 0.25) is 0 Å². The lowest BCUT2D eigenvalue weighted by atomic mass is 10.1. The molecule has 1 aromatic carbocycles. The molecule has 0 spiro atoms. The average Bonchev–Trinajstić information content (AvgIpc) is 2.76. The monoisotopic (exact) mass is 515 g/mol. The van der Waals surface area contributed by atoms with Crippen molar-refractivity contribution in [1.82, 2.24) is 14.7 Å². The van der Waals surface area contributed by atoms with Gasteiger partial charge in [-0.2, -0.15) is 8.42 Å². The molecule has 0 bridgehead atoms. The molecule has 0 fully saturated rings. The average molecular weight is 516 g/mol. The lowest BCUT2D eigenvalue weighted by Gasteiger charge is -2.23. The Bertz CT molecular complexity index is 1370. The summed E-state index contributed by atoms with van der Waals surface area (Å²) in [7, 11) is -4.29. The van der Waals surface area contributed by atoms with Crippen molar-refractivity contribution < 1.29 is 22.3 Å². The second-order valence-electron chi connectivity index (χ2n) is 9.68. The number of aromatic nitrogens is 2. The van der Waals surface area contributed by atoms with Gasteiger partial charge in [-0.25, -0.2) is 19.1 Å². The lowest BCUT2D eigenvalue weighted by Crippen LogP contribution is -2.34. The van der Waals surface area contributed by atoms with Crippen molar-refractivity contribution in [2.45, 2.75) is 45.2 Å². The summed E-state index contributed by atoms with van der Waals surface area (Å²) in [5.74, 6) is -0.672. The number of anilines is 2. The predicted molar refractivity (Wildman–Crippen MR) is 137 cm³/mol. The van der Waals surface area contributed by atoms with E-state index in [1.54, 1.807) is 6.07 Å². The molecule has 9 nitrogen and oxygen atoms in total. The molecule has 0 aliphatic carbocycles. The van der Waals surface area contributed by atoms with Crippen LogP contribution in [0, 0.1) is 11.7 Å². The second kappa shape index (κ2) is 10.5. The van der Waals surface area contributed by atoms with Crippen molar-refractivity contribution in [1.29, 1.82) is 0 Å². The summed E-state index contributed by atoms with van der Waals surface area (Å²) in [6.45, 7) is 9.96. The van der Waals surface area contributed by atoms with E-state index in [0.29, 0.717) is 23.6 Å². The van der Waals surface area contributed by atoms with Gasteiger partial charge in [-0.3, -0.25) is 4.79 Å². The van der Waals surface area contributed by atoms with Gasteiger partial charge in [0.25, 0.3) is 15.9 Å². The number of amides is 1. The first-order valence-corrected chi connectivity index (χ1v) is 12.7. The third-order valence-electron chi connectivity index (χ3n) is 4.63. The van der Waals surface area contributed by atoms with Crippen LogP contribution in [0.15, 0.2) is 53.6 Å². The van der Waals surface area contributed by atoms with Crippen LogP contribution in [0.4, 0.5) is 16.0 Å². The van der Waals surface area contributed by atoms with Crippen LogP contribution in [-0.2, 0) is 10.0 Å². The van der Waals surface area contributed by atoms with Crippen LogP contribution in [0.3, 0.4) is 0 Å². The normalized spacial score (nSPS) is 11.9. The molecule has 0 aliphatic rings. The maximum Gasteiger partial charge on any atom is 0.281 e. The van der Waals surface area contributed by atoms with Gasteiger partial charge >= 0.3 is 0 Å². The largest absolute Gasteiger partial charge is 0.493 e. The summed E-state index contributed by atoms with van der Waals surface area (Å²) in [6.07, 6.45) is 0. The smallest absolute Gasteiger partial charge is 0.281 e. The van der Waals surface area contributed by atoms with Gasteiger partial charge in [-0.1, -0.05) is 19.9 Å². The maximum absolute atomic E-state index is 14.3. The highest BCUT2D eigenvalue weighted by Crippen LogP contribution is 2.28. The number of hydrogen-bond acceptors (Lipinski definition) is 8. The summed E-state index contributed by atoms with van der Waals surface area (Å²) in [5, 5.41) is 2.73. The minimum atomic E-state index is -4.29. The molecule has 2 heterocycles. The van der Waals surface area contributed by atoms with E-state index in [-0.39, 0.29) is 28.1 Å². The molecule has 36 heavy (non-hydrogen) atoms. The van der Waals surface area contributed by atoms with Gasteiger partial charge in [-0.15, -0.1) is 0 Å². The van der Waals surface area contributed by atoms with Gasteiger partial charge in [0.15, 0.2) is 5.03 Å². The van der Waals surface area contributed by atoms with E-state index < -0.39 is 27.3 Å². The molecule has 11 heteroatoms. The highest BCUT2D eigenvalue weighted by molar-refractivity contribution is 7.90. The Balaban J connectivity index is 1.99. The number of halogens is 1. The van der Waals surface area contributed by atoms with Crippen LogP contribution >= 0.6 is 0 Å². The summed E-state index contributed by atoms with van der Waals surface area (Å²) >= 11 is 0. The van der Waals surface area contributed by atoms with Gasteiger partial charge in [0.05, 0.1) is 17.9 Å². The van der Waals surface area contributed by atoms with Crippen molar-refractivity contribution >= 4 is 27.6 Å².